The maximum Gasteiger partial charge on any atom is 0.313 e. The zero-order chi connectivity index (χ0) is 8.48. The Morgan fingerprint density at radius 1 is 1.82 bits per heavy atom. The van der Waals surface area contributed by atoms with E-state index in [1.165, 1.54) is 0 Å². The second-order valence-electron chi connectivity index (χ2n) is 3.19. The van der Waals surface area contributed by atoms with Gasteiger partial charge in [-0.25, -0.2) is 0 Å². The van der Waals surface area contributed by atoms with Crippen molar-refractivity contribution in [3.63, 3.8) is 0 Å². The third-order valence-electron chi connectivity index (χ3n) is 2.50. The molecule has 0 aromatic rings. The van der Waals surface area contributed by atoms with E-state index in [2.05, 4.69) is 0 Å². The van der Waals surface area contributed by atoms with Crippen molar-refractivity contribution >= 4 is 5.97 Å². The summed E-state index contributed by atoms with van der Waals surface area (Å²) in [5.74, 6) is 0.293. The molecule has 0 bridgehead atoms. The average Bonchev–Trinajstić information content (AvgIpc) is 2.63. The van der Waals surface area contributed by atoms with Crippen LogP contribution in [0, 0.1) is 11.3 Å². The molecule has 1 saturated carbocycles. The zero-order valence-corrected chi connectivity index (χ0v) is 7.09. The number of carbonyl (C=O) groups excluding carboxylic acids is 1. The number of hydrogen-bond donors (Lipinski definition) is 1. The first-order valence-electron chi connectivity index (χ1n) is 4.04. The standard InChI is InChI=1S/C8H15NO2/c1-3-11-7(10)8(5-9)4-6(8)2/h6H,3-5,9H2,1-2H3/t6-,8-/m1/s1. The fourth-order valence-electron chi connectivity index (χ4n) is 1.41. The third kappa shape index (κ3) is 1.25. The summed E-state index contributed by atoms with van der Waals surface area (Å²) in [4.78, 5) is 11.3. The molecule has 0 amide bonds. The van der Waals surface area contributed by atoms with Crippen LogP contribution in [0.15, 0.2) is 0 Å². The third-order valence-corrected chi connectivity index (χ3v) is 2.50. The van der Waals surface area contributed by atoms with Crippen LogP contribution < -0.4 is 5.73 Å². The Bertz CT molecular complexity index is 165. The predicted octanol–water partition coefficient (Wildman–Crippen LogP) is 0.534. The molecule has 64 valence electrons. The van der Waals surface area contributed by atoms with Gasteiger partial charge < -0.3 is 10.5 Å². The van der Waals surface area contributed by atoms with E-state index in [1.807, 2.05) is 13.8 Å². The van der Waals surface area contributed by atoms with Crippen molar-refractivity contribution in [2.75, 3.05) is 13.2 Å². The minimum atomic E-state index is -0.323. The van der Waals surface area contributed by atoms with Gasteiger partial charge in [-0.15, -0.1) is 0 Å². The van der Waals surface area contributed by atoms with E-state index in [4.69, 9.17) is 10.5 Å². The first kappa shape index (κ1) is 8.53. The van der Waals surface area contributed by atoms with Gasteiger partial charge in [-0.05, 0) is 19.3 Å². The molecule has 1 rings (SSSR count). The number of ether oxygens (including phenoxy) is 1. The first-order chi connectivity index (χ1) is 5.17. The molecular weight excluding hydrogens is 142 g/mol. The molecule has 0 spiro atoms. The van der Waals surface area contributed by atoms with Gasteiger partial charge in [0.05, 0.1) is 12.0 Å². The van der Waals surface area contributed by atoms with Crippen LogP contribution >= 0.6 is 0 Å². The van der Waals surface area contributed by atoms with Gasteiger partial charge in [0.25, 0.3) is 0 Å². The first-order valence-corrected chi connectivity index (χ1v) is 4.04. The summed E-state index contributed by atoms with van der Waals surface area (Å²) >= 11 is 0. The van der Waals surface area contributed by atoms with E-state index in [-0.39, 0.29) is 11.4 Å². The lowest BCUT2D eigenvalue weighted by molar-refractivity contribution is -0.149. The van der Waals surface area contributed by atoms with Crippen molar-refractivity contribution < 1.29 is 9.53 Å². The molecule has 1 aliphatic carbocycles. The second-order valence-corrected chi connectivity index (χ2v) is 3.19. The molecule has 0 aromatic carbocycles. The predicted molar refractivity (Wildman–Crippen MR) is 41.9 cm³/mol. The van der Waals surface area contributed by atoms with Crippen molar-refractivity contribution in [3.05, 3.63) is 0 Å². The highest BCUT2D eigenvalue weighted by Crippen LogP contribution is 2.52. The van der Waals surface area contributed by atoms with Crippen molar-refractivity contribution in [1.82, 2.24) is 0 Å². The molecule has 3 nitrogen and oxygen atoms in total. The molecule has 0 saturated heterocycles. The second kappa shape index (κ2) is 2.81. The summed E-state index contributed by atoms with van der Waals surface area (Å²) in [6.45, 7) is 4.72. The molecule has 1 fully saturated rings. The molecule has 0 aliphatic heterocycles. The van der Waals surface area contributed by atoms with Gasteiger partial charge in [0.2, 0.25) is 0 Å². The highest BCUT2D eigenvalue weighted by atomic mass is 16.5. The fraction of sp³-hybridized carbons (Fsp3) is 0.875. The van der Waals surface area contributed by atoms with E-state index in [0.717, 1.165) is 6.42 Å². The Balaban J connectivity index is 2.51. The number of carbonyl (C=O) groups is 1. The van der Waals surface area contributed by atoms with Crippen molar-refractivity contribution in [2.45, 2.75) is 20.3 Å². The molecule has 0 aromatic heterocycles. The number of nitrogens with two attached hydrogens (primary N) is 1. The normalized spacial score (nSPS) is 35.0. The number of hydrogen-bond acceptors (Lipinski definition) is 3. The van der Waals surface area contributed by atoms with Crippen LogP contribution in [0.1, 0.15) is 20.3 Å². The molecule has 0 heterocycles. The maximum atomic E-state index is 11.3. The number of rotatable bonds is 3. The van der Waals surface area contributed by atoms with Gasteiger partial charge in [0.1, 0.15) is 0 Å². The fourth-order valence-corrected chi connectivity index (χ4v) is 1.41. The van der Waals surface area contributed by atoms with E-state index >= 15 is 0 Å². The lowest BCUT2D eigenvalue weighted by Gasteiger charge is -2.11. The van der Waals surface area contributed by atoms with Gasteiger partial charge in [0, 0.05) is 6.54 Å². The van der Waals surface area contributed by atoms with Gasteiger partial charge in [0.15, 0.2) is 0 Å². The Labute approximate surface area is 66.9 Å². The van der Waals surface area contributed by atoms with Gasteiger partial charge >= 0.3 is 5.97 Å². The summed E-state index contributed by atoms with van der Waals surface area (Å²) < 4.78 is 4.91. The Morgan fingerprint density at radius 3 is 2.64 bits per heavy atom. The minimum absolute atomic E-state index is 0.116. The highest BCUT2D eigenvalue weighted by Gasteiger charge is 2.57. The van der Waals surface area contributed by atoms with Crippen LogP contribution in [0.25, 0.3) is 0 Å². The van der Waals surface area contributed by atoms with Crippen molar-refractivity contribution in [1.29, 1.82) is 0 Å². The molecule has 0 unspecified atom stereocenters. The quantitative estimate of drug-likeness (QED) is 0.608. The summed E-state index contributed by atoms with van der Waals surface area (Å²) in [6, 6.07) is 0. The van der Waals surface area contributed by atoms with Crippen molar-refractivity contribution in [2.24, 2.45) is 17.1 Å². The van der Waals surface area contributed by atoms with Crippen LogP contribution in [0.5, 0.6) is 0 Å². The molecule has 1 aliphatic rings. The average molecular weight is 157 g/mol. The van der Waals surface area contributed by atoms with Gasteiger partial charge in [-0.1, -0.05) is 6.92 Å². The summed E-state index contributed by atoms with van der Waals surface area (Å²) in [5.41, 5.74) is 5.17. The van der Waals surface area contributed by atoms with Gasteiger partial charge in [-0.3, -0.25) is 4.79 Å². The highest BCUT2D eigenvalue weighted by molar-refractivity contribution is 5.80. The lowest BCUT2D eigenvalue weighted by atomic mass is 10.1. The molecular formula is C8H15NO2. The molecule has 2 N–H and O–H groups in total. The topological polar surface area (TPSA) is 52.3 Å². The Kier molecular flexibility index (Phi) is 2.18. The molecule has 11 heavy (non-hydrogen) atoms. The minimum Gasteiger partial charge on any atom is -0.466 e. The molecule has 3 heteroatoms. The Hall–Kier alpha value is -0.570. The zero-order valence-electron chi connectivity index (χ0n) is 7.09. The molecule has 0 radical (unpaired) electrons. The van der Waals surface area contributed by atoms with Crippen LogP contribution in [-0.2, 0) is 9.53 Å². The van der Waals surface area contributed by atoms with Crippen LogP contribution in [0.2, 0.25) is 0 Å². The molecule has 2 atom stereocenters. The van der Waals surface area contributed by atoms with Gasteiger partial charge in [-0.2, -0.15) is 0 Å². The SMILES string of the molecule is CCOC(=O)[C@@]1(CN)C[C@H]1C. The smallest absolute Gasteiger partial charge is 0.313 e. The summed E-state index contributed by atoms with van der Waals surface area (Å²) in [7, 11) is 0. The number of esters is 1. The maximum absolute atomic E-state index is 11.3. The monoisotopic (exact) mass is 157 g/mol. The van der Waals surface area contributed by atoms with Crippen LogP contribution in [0.3, 0.4) is 0 Å². The summed E-state index contributed by atoms with van der Waals surface area (Å²) in [6.07, 6.45) is 0.891. The summed E-state index contributed by atoms with van der Waals surface area (Å²) in [5, 5.41) is 0. The van der Waals surface area contributed by atoms with E-state index in [0.29, 0.717) is 19.1 Å². The Morgan fingerprint density at radius 2 is 2.36 bits per heavy atom. The van der Waals surface area contributed by atoms with E-state index in [1.54, 1.807) is 0 Å². The van der Waals surface area contributed by atoms with E-state index < -0.39 is 0 Å². The van der Waals surface area contributed by atoms with Crippen LogP contribution in [-0.4, -0.2) is 19.1 Å². The van der Waals surface area contributed by atoms with E-state index in [9.17, 15) is 4.79 Å². The van der Waals surface area contributed by atoms with Crippen molar-refractivity contribution in [3.8, 4) is 0 Å². The van der Waals surface area contributed by atoms with Crippen LogP contribution in [0.4, 0.5) is 0 Å². The largest absolute Gasteiger partial charge is 0.466 e. The lowest BCUT2D eigenvalue weighted by Crippen LogP contribution is -2.29.